The lowest BCUT2D eigenvalue weighted by Crippen LogP contribution is -2.48. The molecule has 7 nitrogen and oxygen atoms in total. The molecule has 8 heteroatoms. The fourth-order valence-corrected chi connectivity index (χ4v) is 4.79. The first-order valence-electron chi connectivity index (χ1n) is 13.5. The molecule has 0 unspecified atom stereocenters. The summed E-state index contributed by atoms with van der Waals surface area (Å²) in [5.41, 5.74) is 5.28. The molecule has 208 valence electrons. The van der Waals surface area contributed by atoms with Crippen molar-refractivity contribution < 1.29 is 14.3 Å². The largest absolute Gasteiger partial charge is 0.489 e. The summed E-state index contributed by atoms with van der Waals surface area (Å²) in [5, 5.41) is 6.01. The molecule has 41 heavy (non-hydrogen) atoms. The van der Waals surface area contributed by atoms with Gasteiger partial charge in [-0.15, -0.1) is 0 Å². The molecule has 0 radical (unpaired) electrons. The highest BCUT2D eigenvalue weighted by Gasteiger charge is 2.22. The summed E-state index contributed by atoms with van der Waals surface area (Å²) >= 11 is 5.36. The molecule has 2 amide bonds. The number of nitrogens with one attached hydrogen (secondary N) is 2. The summed E-state index contributed by atoms with van der Waals surface area (Å²) < 4.78 is 5.79. The van der Waals surface area contributed by atoms with Crippen LogP contribution in [0.15, 0.2) is 103 Å². The van der Waals surface area contributed by atoms with Gasteiger partial charge in [0, 0.05) is 48.7 Å². The van der Waals surface area contributed by atoms with Gasteiger partial charge in [0.15, 0.2) is 5.11 Å². The van der Waals surface area contributed by atoms with Crippen molar-refractivity contribution in [2.75, 3.05) is 36.4 Å². The second-order valence-corrected chi connectivity index (χ2v) is 10.3. The molecule has 1 aliphatic rings. The van der Waals surface area contributed by atoms with Crippen LogP contribution in [0.25, 0.3) is 0 Å². The van der Waals surface area contributed by atoms with Gasteiger partial charge in [-0.05, 0) is 85.4 Å². The van der Waals surface area contributed by atoms with E-state index < -0.39 is 0 Å². The van der Waals surface area contributed by atoms with Crippen molar-refractivity contribution in [3.05, 3.63) is 125 Å². The van der Waals surface area contributed by atoms with E-state index in [4.69, 9.17) is 17.0 Å². The van der Waals surface area contributed by atoms with E-state index in [1.165, 1.54) is 0 Å². The minimum Gasteiger partial charge on any atom is -0.489 e. The first-order chi connectivity index (χ1) is 19.9. The van der Waals surface area contributed by atoms with Gasteiger partial charge in [0.05, 0.1) is 0 Å². The van der Waals surface area contributed by atoms with E-state index in [2.05, 4.69) is 15.5 Å². The van der Waals surface area contributed by atoms with E-state index in [1.54, 1.807) is 24.3 Å². The summed E-state index contributed by atoms with van der Waals surface area (Å²) in [6.07, 6.45) is 0. The van der Waals surface area contributed by atoms with E-state index in [0.29, 0.717) is 31.0 Å². The second kappa shape index (κ2) is 13.1. The van der Waals surface area contributed by atoms with Crippen LogP contribution in [0.1, 0.15) is 31.8 Å². The Balaban J connectivity index is 1.07. The summed E-state index contributed by atoms with van der Waals surface area (Å²) in [5.74, 6) is 0.462. The number of carbonyl (C=O) groups is 2. The maximum absolute atomic E-state index is 12.8. The van der Waals surface area contributed by atoms with Crippen LogP contribution in [0.3, 0.4) is 0 Å². The second-order valence-electron chi connectivity index (χ2n) is 9.90. The zero-order valence-corrected chi connectivity index (χ0v) is 23.7. The van der Waals surface area contributed by atoms with Crippen LogP contribution in [0.5, 0.6) is 5.75 Å². The average Bonchev–Trinajstić information content (AvgIpc) is 3.01. The van der Waals surface area contributed by atoms with Gasteiger partial charge >= 0.3 is 0 Å². The number of rotatable bonds is 7. The number of carbonyl (C=O) groups excluding carboxylic acids is 2. The van der Waals surface area contributed by atoms with Gasteiger partial charge in [-0.2, -0.15) is 0 Å². The Morgan fingerprint density at radius 1 is 0.780 bits per heavy atom. The Morgan fingerprint density at radius 2 is 1.41 bits per heavy atom. The lowest BCUT2D eigenvalue weighted by atomic mass is 10.1. The number of hydrogen-bond acceptors (Lipinski definition) is 5. The number of amides is 2. The number of piperazine rings is 1. The van der Waals surface area contributed by atoms with Crippen molar-refractivity contribution in [3.8, 4) is 5.75 Å². The summed E-state index contributed by atoms with van der Waals surface area (Å²) in [4.78, 5) is 29.6. The van der Waals surface area contributed by atoms with Crippen molar-refractivity contribution in [1.82, 2.24) is 10.2 Å². The standard InChI is InChI=1S/C33H32N4O3S/c1-24-7-9-27(10-8-24)32(39)37-21-19-36(20-22-37)29-15-13-28(14-16-29)34-33(41)35-31(38)26-11-17-30(18-12-26)40-23-25-5-3-2-4-6-25/h2-18H,19-23H2,1H3,(H2,34,35,38,41). The van der Waals surface area contributed by atoms with E-state index in [0.717, 1.165) is 41.2 Å². The van der Waals surface area contributed by atoms with E-state index in [-0.39, 0.29) is 16.9 Å². The number of ether oxygens (including phenoxy) is 1. The van der Waals surface area contributed by atoms with Gasteiger partial charge in [-0.3, -0.25) is 14.9 Å². The first kappa shape index (κ1) is 27.9. The molecule has 2 N–H and O–H groups in total. The zero-order chi connectivity index (χ0) is 28.6. The van der Waals surface area contributed by atoms with Crippen molar-refractivity contribution in [3.63, 3.8) is 0 Å². The maximum atomic E-state index is 12.8. The van der Waals surface area contributed by atoms with Crippen LogP contribution in [-0.2, 0) is 6.61 Å². The highest BCUT2D eigenvalue weighted by molar-refractivity contribution is 7.80. The predicted octanol–water partition coefficient (Wildman–Crippen LogP) is 5.66. The number of benzene rings is 4. The molecular formula is C33H32N4O3S. The van der Waals surface area contributed by atoms with Crippen LogP contribution < -0.4 is 20.3 Å². The zero-order valence-electron chi connectivity index (χ0n) is 22.9. The lowest BCUT2D eigenvalue weighted by Gasteiger charge is -2.36. The molecular weight excluding hydrogens is 532 g/mol. The molecule has 1 aliphatic heterocycles. The third-order valence-electron chi connectivity index (χ3n) is 6.95. The van der Waals surface area contributed by atoms with Crippen LogP contribution in [0.2, 0.25) is 0 Å². The molecule has 5 rings (SSSR count). The molecule has 0 atom stereocenters. The smallest absolute Gasteiger partial charge is 0.257 e. The Kier molecular flexibility index (Phi) is 8.91. The van der Waals surface area contributed by atoms with Crippen molar-refractivity contribution >= 4 is 40.5 Å². The summed E-state index contributed by atoms with van der Waals surface area (Å²) in [6, 6.07) is 32.5. The van der Waals surface area contributed by atoms with Gasteiger partial charge in [0.25, 0.3) is 11.8 Å². The number of aryl methyl sites for hydroxylation is 1. The number of hydrogen-bond donors (Lipinski definition) is 2. The fraction of sp³-hybridized carbons (Fsp3) is 0.182. The van der Waals surface area contributed by atoms with E-state index in [1.807, 2.05) is 90.7 Å². The summed E-state index contributed by atoms with van der Waals surface area (Å²) in [7, 11) is 0. The Hall–Kier alpha value is -4.69. The van der Waals surface area contributed by atoms with Gasteiger partial charge in [-0.25, -0.2) is 0 Å². The molecule has 4 aromatic carbocycles. The number of nitrogens with zero attached hydrogens (tertiary/aromatic N) is 2. The van der Waals surface area contributed by atoms with Crippen molar-refractivity contribution in [1.29, 1.82) is 0 Å². The fourth-order valence-electron chi connectivity index (χ4n) is 4.58. The highest BCUT2D eigenvalue weighted by Crippen LogP contribution is 2.21. The van der Waals surface area contributed by atoms with Crippen LogP contribution in [0.4, 0.5) is 11.4 Å². The topological polar surface area (TPSA) is 73.9 Å². The SMILES string of the molecule is Cc1ccc(C(=O)N2CCN(c3ccc(NC(=S)NC(=O)c4ccc(OCc5ccccc5)cc4)cc3)CC2)cc1. The lowest BCUT2D eigenvalue weighted by molar-refractivity contribution is 0.0746. The molecule has 0 spiro atoms. The van der Waals surface area contributed by atoms with Crippen LogP contribution in [-0.4, -0.2) is 48.0 Å². The minimum atomic E-state index is -0.299. The third kappa shape index (κ3) is 7.49. The number of thiocarbonyl (C=S) groups is 1. The molecule has 0 saturated carbocycles. The van der Waals surface area contributed by atoms with Crippen LogP contribution in [0, 0.1) is 6.92 Å². The molecule has 0 aliphatic carbocycles. The van der Waals surface area contributed by atoms with E-state index in [9.17, 15) is 9.59 Å². The normalized spacial score (nSPS) is 12.9. The third-order valence-corrected chi connectivity index (χ3v) is 7.15. The van der Waals surface area contributed by atoms with Crippen LogP contribution >= 0.6 is 12.2 Å². The highest BCUT2D eigenvalue weighted by atomic mass is 32.1. The van der Waals surface area contributed by atoms with Crippen molar-refractivity contribution in [2.45, 2.75) is 13.5 Å². The maximum Gasteiger partial charge on any atom is 0.257 e. The number of anilines is 2. The molecule has 1 fully saturated rings. The average molecular weight is 565 g/mol. The van der Waals surface area contributed by atoms with Crippen molar-refractivity contribution in [2.24, 2.45) is 0 Å². The van der Waals surface area contributed by atoms with Gasteiger partial charge < -0.3 is 19.9 Å². The minimum absolute atomic E-state index is 0.0760. The Morgan fingerprint density at radius 3 is 2.07 bits per heavy atom. The monoisotopic (exact) mass is 564 g/mol. The van der Waals surface area contributed by atoms with E-state index >= 15 is 0 Å². The molecule has 1 saturated heterocycles. The Labute approximate surface area is 245 Å². The van der Waals surface area contributed by atoms with Gasteiger partial charge in [0.2, 0.25) is 0 Å². The molecule has 4 aromatic rings. The molecule has 1 heterocycles. The molecule has 0 bridgehead atoms. The predicted molar refractivity (Wildman–Crippen MR) is 167 cm³/mol. The van der Waals surface area contributed by atoms with Gasteiger partial charge in [0.1, 0.15) is 12.4 Å². The van der Waals surface area contributed by atoms with Gasteiger partial charge in [-0.1, -0.05) is 48.0 Å². The molecule has 0 aromatic heterocycles. The Bertz CT molecular complexity index is 1480. The first-order valence-corrected chi connectivity index (χ1v) is 14.0. The summed E-state index contributed by atoms with van der Waals surface area (Å²) in [6.45, 7) is 5.33. The quantitative estimate of drug-likeness (QED) is 0.282.